The van der Waals surface area contributed by atoms with E-state index in [0.717, 1.165) is 11.8 Å². The number of carbonyl (C=O) groups is 1. The Bertz CT molecular complexity index is 238. The Labute approximate surface area is 76.6 Å². The lowest BCUT2D eigenvalue weighted by atomic mass is 10.0. The fraction of sp³-hybridized carbons (Fsp3) is 0.333. The van der Waals surface area contributed by atoms with Crippen molar-refractivity contribution >= 4 is 17.9 Å². The maximum atomic E-state index is 10.3. The molecule has 0 aliphatic heterocycles. The van der Waals surface area contributed by atoms with E-state index >= 15 is 0 Å². The quantitative estimate of drug-likeness (QED) is 0.528. The van der Waals surface area contributed by atoms with Gasteiger partial charge in [-0.2, -0.15) is 0 Å². The van der Waals surface area contributed by atoms with Crippen LogP contribution < -0.4 is 0 Å². The number of carbonyl (C=O) groups excluding carboxylic acids is 1. The highest BCUT2D eigenvalue weighted by atomic mass is 35.5. The summed E-state index contributed by atoms with van der Waals surface area (Å²) in [5.41, 5.74) is 1.03. The van der Waals surface area contributed by atoms with Crippen LogP contribution in [0, 0.1) is 0 Å². The molecule has 0 aliphatic carbocycles. The van der Waals surface area contributed by atoms with Crippen LogP contribution in [0.4, 0.5) is 0 Å². The molecule has 0 radical (unpaired) electrons. The van der Waals surface area contributed by atoms with E-state index in [0.29, 0.717) is 12.3 Å². The maximum Gasteiger partial charge on any atom is 0.120 e. The van der Waals surface area contributed by atoms with Gasteiger partial charge in [0.2, 0.25) is 0 Å². The second-order valence-corrected chi connectivity index (χ2v) is 2.85. The van der Waals surface area contributed by atoms with Gasteiger partial charge in [0.05, 0.1) is 0 Å². The standard InChI is InChI=1S/C9H10ClNO/c10-6-8(3-5-12)9-2-1-4-11-7-9/h1-2,4-5,7-8H,3,6H2. The average molecular weight is 184 g/mol. The molecule has 3 heteroatoms. The van der Waals surface area contributed by atoms with Crippen LogP contribution in [0.1, 0.15) is 17.9 Å². The van der Waals surface area contributed by atoms with Crippen molar-refractivity contribution in [2.45, 2.75) is 12.3 Å². The molecular formula is C9H10ClNO. The topological polar surface area (TPSA) is 30.0 Å². The molecule has 1 aromatic heterocycles. The van der Waals surface area contributed by atoms with E-state index in [1.54, 1.807) is 12.4 Å². The molecule has 12 heavy (non-hydrogen) atoms. The van der Waals surface area contributed by atoms with Gasteiger partial charge in [0.15, 0.2) is 0 Å². The molecular weight excluding hydrogens is 174 g/mol. The van der Waals surface area contributed by atoms with Crippen molar-refractivity contribution in [1.29, 1.82) is 0 Å². The van der Waals surface area contributed by atoms with Crippen molar-refractivity contribution < 1.29 is 4.79 Å². The van der Waals surface area contributed by atoms with Crippen LogP contribution in [-0.4, -0.2) is 17.2 Å². The highest BCUT2D eigenvalue weighted by molar-refractivity contribution is 6.18. The summed E-state index contributed by atoms with van der Waals surface area (Å²) in [6.07, 6.45) is 4.81. The molecule has 1 heterocycles. The number of rotatable bonds is 4. The Morgan fingerprint density at radius 2 is 2.50 bits per heavy atom. The summed E-state index contributed by atoms with van der Waals surface area (Å²) in [4.78, 5) is 14.2. The van der Waals surface area contributed by atoms with Gasteiger partial charge in [0, 0.05) is 30.6 Å². The van der Waals surface area contributed by atoms with E-state index in [1.165, 1.54) is 0 Å². The average Bonchev–Trinajstić information content (AvgIpc) is 2.15. The minimum Gasteiger partial charge on any atom is -0.303 e. The lowest BCUT2D eigenvalue weighted by Gasteiger charge is -2.08. The second-order valence-electron chi connectivity index (χ2n) is 2.54. The predicted octanol–water partition coefficient (Wildman–Crippen LogP) is 1.99. The van der Waals surface area contributed by atoms with Crippen LogP contribution in [0.5, 0.6) is 0 Å². The molecule has 0 amide bonds. The molecule has 0 bridgehead atoms. The van der Waals surface area contributed by atoms with Crippen LogP contribution in [0.3, 0.4) is 0 Å². The monoisotopic (exact) mass is 183 g/mol. The van der Waals surface area contributed by atoms with Gasteiger partial charge >= 0.3 is 0 Å². The van der Waals surface area contributed by atoms with Gasteiger partial charge in [-0.3, -0.25) is 4.98 Å². The van der Waals surface area contributed by atoms with E-state index in [1.807, 2.05) is 12.1 Å². The van der Waals surface area contributed by atoms with Crippen molar-refractivity contribution in [2.75, 3.05) is 5.88 Å². The largest absolute Gasteiger partial charge is 0.303 e. The molecule has 0 aromatic carbocycles. The number of alkyl halides is 1. The first kappa shape index (κ1) is 9.20. The predicted molar refractivity (Wildman–Crippen MR) is 48.4 cm³/mol. The first-order chi connectivity index (χ1) is 5.88. The third-order valence-electron chi connectivity index (χ3n) is 1.72. The van der Waals surface area contributed by atoms with Crippen LogP contribution in [0.15, 0.2) is 24.5 Å². The number of pyridine rings is 1. The Morgan fingerprint density at radius 1 is 1.67 bits per heavy atom. The Kier molecular flexibility index (Phi) is 3.74. The number of aldehydes is 1. The molecule has 1 atom stereocenters. The first-order valence-electron chi connectivity index (χ1n) is 3.78. The van der Waals surface area contributed by atoms with E-state index in [9.17, 15) is 4.79 Å². The number of hydrogen-bond acceptors (Lipinski definition) is 2. The number of hydrogen-bond donors (Lipinski definition) is 0. The van der Waals surface area contributed by atoms with E-state index in [-0.39, 0.29) is 5.92 Å². The molecule has 0 fully saturated rings. The number of halogens is 1. The highest BCUT2D eigenvalue weighted by Gasteiger charge is 2.08. The third kappa shape index (κ3) is 2.31. The molecule has 64 valence electrons. The van der Waals surface area contributed by atoms with E-state index in [2.05, 4.69) is 4.98 Å². The highest BCUT2D eigenvalue weighted by Crippen LogP contribution is 2.18. The fourth-order valence-corrected chi connectivity index (χ4v) is 1.33. The SMILES string of the molecule is O=CCC(CCl)c1cccnc1. The van der Waals surface area contributed by atoms with Crippen molar-refractivity contribution in [2.24, 2.45) is 0 Å². The molecule has 0 spiro atoms. The normalized spacial score (nSPS) is 12.4. The van der Waals surface area contributed by atoms with Gasteiger partial charge in [-0.25, -0.2) is 0 Å². The molecule has 1 rings (SSSR count). The minimum absolute atomic E-state index is 0.109. The zero-order chi connectivity index (χ0) is 8.81. The van der Waals surface area contributed by atoms with Gasteiger partial charge < -0.3 is 4.79 Å². The summed E-state index contributed by atoms with van der Waals surface area (Å²) in [5, 5.41) is 0. The maximum absolute atomic E-state index is 10.3. The van der Waals surface area contributed by atoms with Gasteiger partial charge in [0.25, 0.3) is 0 Å². The number of nitrogens with zero attached hydrogens (tertiary/aromatic N) is 1. The molecule has 0 N–H and O–H groups in total. The molecule has 0 saturated carbocycles. The number of aromatic nitrogens is 1. The third-order valence-corrected chi connectivity index (χ3v) is 2.10. The lowest BCUT2D eigenvalue weighted by Crippen LogP contribution is -2.01. The Hall–Kier alpha value is -0.890. The smallest absolute Gasteiger partial charge is 0.120 e. The summed E-state index contributed by atoms with van der Waals surface area (Å²) in [5.74, 6) is 0.572. The van der Waals surface area contributed by atoms with Crippen LogP contribution in [0.25, 0.3) is 0 Å². The van der Waals surface area contributed by atoms with Gasteiger partial charge in [-0.15, -0.1) is 11.6 Å². The van der Waals surface area contributed by atoms with E-state index in [4.69, 9.17) is 11.6 Å². The zero-order valence-corrected chi connectivity index (χ0v) is 7.37. The molecule has 1 unspecified atom stereocenters. The molecule has 0 aliphatic rings. The first-order valence-corrected chi connectivity index (χ1v) is 4.31. The second kappa shape index (κ2) is 4.88. The molecule has 0 saturated heterocycles. The summed E-state index contributed by atoms with van der Waals surface area (Å²) in [6.45, 7) is 0. The summed E-state index contributed by atoms with van der Waals surface area (Å²) >= 11 is 5.69. The zero-order valence-electron chi connectivity index (χ0n) is 6.61. The van der Waals surface area contributed by atoms with Crippen molar-refractivity contribution in [1.82, 2.24) is 4.98 Å². The van der Waals surface area contributed by atoms with E-state index < -0.39 is 0 Å². The molecule has 2 nitrogen and oxygen atoms in total. The Balaban J connectivity index is 2.72. The fourth-order valence-electron chi connectivity index (χ4n) is 1.02. The van der Waals surface area contributed by atoms with Crippen LogP contribution in [-0.2, 0) is 4.79 Å². The van der Waals surface area contributed by atoms with Crippen molar-refractivity contribution in [3.63, 3.8) is 0 Å². The summed E-state index contributed by atoms with van der Waals surface area (Å²) in [6, 6.07) is 3.78. The van der Waals surface area contributed by atoms with Gasteiger partial charge in [-0.1, -0.05) is 6.07 Å². The summed E-state index contributed by atoms with van der Waals surface area (Å²) < 4.78 is 0. The minimum atomic E-state index is 0.109. The van der Waals surface area contributed by atoms with Crippen LogP contribution >= 0.6 is 11.6 Å². The van der Waals surface area contributed by atoms with Crippen LogP contribution in [0.2, 0.25) is 0 Å². The van der Waals surface area contributed by atoms with Crippen molar-refractivity contribution in [3.8, 4) is 0 Å². The van der Waals surface area contributed by atoms with Crippen molar-refractivity contribution in [3.05, 3.63) is 30.1 Å². The summed E-state index contributed by atoms with van der Waals surface area (Å²) in [7, 11) is 0. The van der Waals surface area contributed by atoms with Gasteiger partial charge in [-0.05, 0) is 11.6 Å². The lowest BCUT2D eigenvalue weighted by molar-refractivity contribution is -0.108. The van der Waals surface area contributed by atoms with Gasteiger partial charge in [0.1, 0.15) is 6.29 Å². The Morgan fingerprint density at radius 3 is 3.00 bits per heavy atom. The molecule has 1 aromatic rings.